The van der Waals surface area contributed by atoms with E-state index in [-0.39, 0.29) is 0 Å². The van der Waals surface area contributed by atoms with E-state index in [1.807, 2.05) is 54.5 Å². The molecule has 1 aromatic carbocycles. The molecule has 0 aromatic heterocycles. The highest BCUT2D eigenvalue weighted by molar-refractivity contribution is 5.81. The fourth-order valence-corrected chi connectivity index (χ4v) is 3.40. The van der Waals surface area contributed by atoms with Crippen molar-refractivity contribution in [3.8, 4) is 0 Å². The van der Waals surface area contributed by atoms with Gasteiger partial charge >= 0.3 is 0 Å². The van der Waals surface area contributed by atoms with E-state index >= 15 is 0 Å². The molecule has 0 N–H and O–H groups in total. The summed E-state index contributed by atoms with van der Waals surface area (Å²) < 4.78 is 0. The summed E-state index contributed by atoms with van der Waals surface area (Å²) in [7, 11) is 2.18. The van der Waals surface area contributed by atoms with Crippen LogP contribution < -0.4 is 4.90 Å². The van der Waals surface area contributed by atoms with Gasteiger partial charge in [0.25, 0.3) is 0 Å². The lowest BCUT2D eigenvalue weighted by Crippen LogP contribution is -2.30. The van der Waals surface area contributed by atoms with Crippen molar-refractivity contribution in [1.29, 1.82) is 0 Å². The first-order valence-corrected chi connectivity index (χ1v) is 12.4. The van der Waals surface area contributed by atoms with E-state index in [9.17, 15) is 0 Å². The molecule has 182 valence electrons. The number of aryl methyl sites for hydroxylation is 2. The fraction of sp³-hybridized carbons (Fsp3) is 0.484. The standard InChI is InChI=1S/C25H35N.3C2H6/c1-10-14-18(5)23(13-4)24-16-20(7)25(17-19(24)6)26(9)21(8)22(12-3)15-11-2;3*1-2/h10-17,21H,4H2,1-3,5-9H3;3*1-2H3/b14-10-,15-11-,22-12+,23-18+;;;. The van der Waals surface area contributed by atoms with Gasteiger partial charge in [-0.25, -0.2) is 0 Å². The lowest BCUT2D eigenvalue weighted by atomic mass is 9.93. The summed E-state index contributed by atoms with van der Waals surface area (Å²) in [5.74, 6) is 0. The molecule has 32 heavy (non-hydrogen) atoms. The van der Waals surface area contributed by atoms with Crippen molar-refractivity contribution in [2.75, 3.05) is 11.9 Å². The normalized spacial score (nSPS) is 12.5. The van der Waals surface area contributed by atoms with E-state index in [1.165, 1.54) is 39.1 Å². The first-order valence-electron chi connectivity index (χ1n) is 12.4. The minimum Gasteiger partial charge on any atom is -0.368 e. The number of hydrogen-bond donors (Lipinski definition) is 0. The largest absolute Gasteiger partial charge is 0.368 e. The van der Waals surface area contributed by atoms with Crippen LogP contribution in [0, 0.1) is 13.8 Å². The summed E-state index contributed by atoms with van der Waals surface area (Å²) >= 11 is 0. The Morgan fingerprint density at radius 1 is 0.875 bits per heavy atom. The van der Waals surface area contributed by atoms with Gasteiger partial charge in [-0.05, 0) is 94.0 Å². The van der Waals surface area contributed by atoms with E-state index in [0.717, 1.165) is 0 Å². The predicted octanol–water partition coefficient (Wildman–Crippen LogP) is 10.3. The highest BCUT2D eigenvalue weighted by Crippen LogP contribution is 2.32. The Bertz CT molecular complexity index is 757. The summed E-state index contributed by atoms with van der Waals surface area (Å²) in [5, 5.41) is 0. The fourth-order valence-electron chi connectivity index (χ4n) is 3.40. The number of benzene rings is 1. The molecule has 0 aliphatic heterocycles. The van der Waals surface area contributed by atoms with Crippen molar-refractivity contribution in [2.24, 2.45) is 0 Å². The number of anilines is 1. The molecular formula is C31H53N. The van der Waals surface area contributed by atoms with Gasteiger partial charge in [-0.1, -0.05) is 84.6 Å². The van der Waals surface area contributed by atoms with Crippen LogP contribution in [-0.4, -0.2) is 13.1 Å². The Labute approximate surface area is 202 Å². The molecule has 0 radical (unpaired) electrons. The molecule has 1 heteroatoms. The van der Waals surface area contributed by atoms with Gasteiger partial charge in [0.2, 0.25) is 0 Å². The van der Waals surface area contributed by atoms with E-state index in [1.54, 1.807) is 0 Å². The smallest absolute Gasteiger partial charge is 0.0507 e. The van der Waals surface area contributed by atoms with Crippen molar-refractivity contribution < 1.29 is 0 Å². The van der Waals surface area contributed by atoms with Gasteiger partial charge in [0, 0.05) is 12.7 Å². The molecule has 0 aliphatic rings. The van der Waals surface area contributed by atoms with Crippen molar-refractivity contribution in [3.05, 3.63) is 83.0 Å². The average molecular weight is 440 g/mol. The highest BCUT2D eigenvalue weighted by Gasteiger charge is 2.16. The van der Waals surface area contributed by atoms with E-state index < -0.39 is 0 Å². The summed E-state index contributed by atoms with van der Waals surface area (Å²) in [6, 6.07) is 4.92. The topological polar surface area (TPSA) is 3.24 Å². The lowest BCUT2D eigenvalue weighted by molar-refractivity contribution is 0.790. The van der Waals surface area contributed by atoms with Crippen LogP contribution >= 0.6 is 0 Å². The second kappa shape index (κ2) is 20.6. The van der Waals surface area contributed by atoms with Crippen LogP contribution in [0.3, 0.4) is 0 Å². The zero-order chi connectivity index (χ0) is 25.9. The van der Waals surface area contributed by atoms with Crippen molar-refractivity contribution >= 4 is 11.3 Å². The molecule has 0 spiro atoms. The molecule has 1 aromatic rings. The molecule has 0 fully saturated rings. The van der Waals surface area contributed by atoms with Crippen molar-refractivity contribution in [2.45, 2.75) is 96.1 Å². The van der Waals surface area contributed by atoms with Gasteiger partial charge in [0.15, 0.2) is 0 Å². The van der Waals surface area contributed by atoms with Crippen molar-refractivity contribution in [1.82, 2.24) is 0 Å². The Hall–Kier alpha value is -2.28. The van der Waals surface area contributed by atoms with Crippen LogP contribution in [0.15, 0.2) is 66.3 Å². The first-order chi connectivity index (χ1) is 15.3. The van der Waals surface area contributed by atoms with Crippen LogP contribution in [0.2, 0.25) is 0 Å². The third-order valence-corrected chi connectivity index (χ3v) is 5.01. The SMILES string of the molecule is C=C/C(=C(C)\C=C/C)c1cc(C)c(N(C)C(C)C(/C=C\C)=C/C)cc1C.CC.CC.CC. The highest BCUT2D eigenvalue weighted by atomic mass is 15.1. The number of nitrogens with zero attached hydrogens (tertiary/aromatic N) is 1. The van der Waals surface area contributed by atoms with Crippen LogP contribution in [0.4, 0.5) is 5.69 Å². The van der Waals surface area contributed by atoms with E-state index in [2.05, 4.69) is 103 Å². The maximum atomic E-state index is 4.03. The minimum atomic E-state index is 0.319. The van der Waals surface area contributed by atoms with Gasteiger partial charge in [-0.15, -0.1) is 0 Å². The van der Waals surface area contributed by atoms with Crippen LogP contribution in [0.25, 0.3) is 5.57 Å². The summed E-state index contributed by atoms with van der Waals surface area (Å²) in [5.41, 5.74) is 8.86. The second-order valence-corrected chi connectivity index (χ2v) is 6.83. The summed E-state index contributed by atoms with van der Waals surface area (Å²) in [4.78, 5) is 2.36. The first kappa shape index (κ1) is 34.3. The Balaban J connectivity index is -0.00000129. The molecular weight excluding hydrogens is 386 g/mol. The Morgan fingerprint density at radius 2 is 1.38 bits per heavy atom. The maximum Gasteiger partial charge on any atom is 0.0507 e. The number of rotatable bonds is 7. The maximum absolute atomic E-state index is 4.03. The molecule has 1 rings (SSSR count). The quantitative estimate of drug-likeness (QED) is 0.382. The summed E-state index contributed by atoms with van der Waals surface area (Å²) in [6.07, 6.45) is 12.7. The van der Waals surface area contributed by atoms with Crippen LogP contribution in [0.5, 0.6) is 0 Å². The molecule has 0 bridgehead atoms. The molecule has 0 aliphatic carbocycles. The van der Waals surface area contributed by atoms with Gasteiger partial charge in [-0.3, -0.25) is 0 Å². The molecule has 0 saturated heterocycles. The van der Waals surface area contributed by atoms with Crippen LogP contribution in [0.1, 0.15) is 92.9 Å². The predicted molar refractivity (Wildman–Crippen MR) is 154 cm³/mol. The van der Waals surface area contributed by atoms with Gasteiger partial charge in [0.1, 0.15) is 0 Å². The zero-order valence-electron chi connectivity index (χ0n) is 23.9. The van der Waals surface area contributed by atoms with Crippen LogP contribution in [-0.2, 0) is 0 Å². The van der Waals surface area contributed by atoms with Crippen molar-refractivity contribution in [3.63, 3.8) is 0 Å². The van der Waals surface area contributed by atoms with Gasteiger partial charge in [-0.2, -0.15) is 0 Å². The Morgan fingerprint density at radius 3 is 1.78 bits per heavy atom. The lowest BCUT2D eigenvalue weighted by Gasteiger charge is -2.30. The van der Waals surface area contributed by atoms with E-state index in [0.29, 0.717) is 6.04 Å². The molecule has 1 unspecified atom stereocenters. The number of allylic oxidation sites excluding steroid dienone is 7. The third kappa shape index (κ3) is 10.4. The summed E-state index contributed by atoms with van der Waals surface area (Å²) in [6.45, 7) is 31.0. The number of hydrogen-bond acceptors (Lipinski definition) is 1. The average Bonchev–Trinajstić information content (AvgIpc) is 2.83. The molecule has 1 atom stereocenters. The third-order valence-electron chi connectivity index (χ3n) is 5.01. The molecule has 1 nitrogen and oxygen atoms in total. The second-order valence-electron chi connectivity index (χ2n) is 6.83. The minimum absolute atomic E-state index is 0.319. The van der Waals surface area contributed by atoms with Gasteiger partial charge < -0.3 is 4.90 Å². The van der Waals surface area contributed by atoms with Gasteiger partial charge in [0.05, 0.1) is 6.04 Å². The zero-order valence-corrected chi connectivity index (χ0v) is 23.9. The molecule has 0 heterocycles. The molecule has 0 amide bonds. The number of likely N-dealkylation sites (N-methyl/N-ethyl adjacent to an activating group) is 1. The molecule has 0 saturated carbocycles. The monoisotopic (exact) mass is 439 g/mol. The van der Waals surface area contributed by atoms with E-state index in [4.69, 9.17) is 0 Å². The Kier molecular flexibility index (Phi) is 22.1.